The Hall–Kier alpha value is -4.53. The Morgan fingerprint density at radius 2 is 1.84 bits per heavy atom. The molecule has 1 fully saturated rings. The second-order valence-electron chi connectivity index (χ2n) is 10.9. The minimum atomic E-state index is -4.97. The van der Waals surface area contributed by atoms with Gasteiger partial charge < -0.3 is 10.2 Å². The molecule has 0 saturated carbocycles. The lowest BCUT2D eigenvalue weighted by Crippen LogP contribution is -2.48. The lowest BCUT2D eigenvalue weighted by molar-refractivity contribution is -0.141. The molecule has 1 aliphatic heterocycles. The van der Waals surface area contributed by atoms with Crippen LogP contribution in [0, 0.1) is 19.8 Å². The molecule has 2 amide bonds. The first-order valence-electron chi connectivity index (χ1n) is 13.9. The maximum Gasteiger partial charge on any atom is 0.435 e. The zero-order chi connectivity index (χ0) is 32.8. The van der Waals surface area contributed by atoms with Crippen LogP contribution in [0.25, 0.3) is 22.2 Å². The molecule has 0 unspecified atom stereocenters. The van der Waals surface area contributed by atoms with Crippen molar-refractivity contribution in [1.29, 1.82) is 0 Å². The molecule has 15 heteroatoms. The fraction of sp³-hybridized carbons (Fsp3) is 0.333. The number of anilines is 1. The fourth-order valence-corrected chi connectivity index (χ4v) is 5.81. The van der Waals surface area contributed by atoms with Crippen molar-refractivity contribution in [2.24, 2.45) is 5.92 Å². The number of pyridine rings is 2. The van der Waals surface area contributed by atoms with Crippen LogP contribution < -0.4 is 5.32 Å². The second-order valence-corrected chi connectivity index (χ2v) is 11.7. The summed E-state index contributed by atoms with van der Waals surface area (Å²) in [5, 5.41) is 6.79. The Labute approximate surface area is 264 Å². The van der Waals surface area contributed by atoms with Crippen molar-refractivity contribution in [3.8, 4) is 11.3 Å². The summed E-state index contributed by atoms with van der Waals surface area (Å²) < 4.78 is 44.9. The van der Waals surface area contributed by atoms with Gasteiger partial charge in [-0.2, -0.15) is 18.3 Å². The molecule has 1 aliphatic rings. The maximum absolute atomic E-state index is 14.5. The molecule has 0 radical (unpaired) electrons. The highest BCUT2D eigenvalue weighted by atomic mass is 79.9. The molecule has 4 aromatic heterocycles. The van der Waals surface area contributed by atoms with E-state index >= 15 is 0 Å². The van der Waals surface area contributed by atoms with E-state index in [1.807, 2.05) is 6.92 Å². The summed E-state index contributed by atoms with van der Waals surface area (Å²) in [5.41, 5.74) is -1.34. The van der Waals surface area contributed by atoms with Gasteiger partial charge in [0.05, 0.1) is 11.7 Å². The van der Waals surface area contributed by atoms with E-state index in [0.29, 0.717) is 21.8 Å². The molecule has 1 saturated heterocycles. The van der Waals surface area contributed by atoms with E-state index in [1.165, 1.54) is 36.4 Å². The number of amides is 2. The molecule has 234 valence electrons. The molecule has 4 aromatic rings. The first-order chi connectivity index (χ1) is 21.2. The average Bonchev–Trinajstić information content (AvgIpc) is 3.51. The van der Waals surface area contributed by atoms with Crippen LogP contribution >= 0.6 is 15.9 Å². The van der Waals surface area contributed by atoms with E-state index in [1.54, 1.807) is 26.0 Å². The Bertz CT molecular complexity index is 1840. The topological polar surface area (TPSA) is 136 Å². The molecule has 3 atom stereocenters. The van der Waals surface area contributed by atoms with E-state index in [0.717, 1.165) is 4.68 Å². The minimum absolute atomic E-state index is 0.114. The normalized spacial score (nSPS) is 18.3. The van der Waals surface area contributed by atoms with Crippen LogP contribution in [-0.2, 0) is 22.3 Å². The molecular weight excluding hydrogens is 657 g/mol. The third-order valence-corrected chi connectivity index (χ3v) is 8.10. The molecular formula is C30H28BrF3N8O3. The largest absolute Gasteiger partial charge is 0.435 e. The number of rotatable bonds is 7. The van der Waals surface area contributed by atoms with Gasteiger partial charge in [0.2, 0.25) is 11.8 Å². The number of carbonyl (C=O) groups is 3. The number of likely N-dealkylation sites (tertiary alicyclic amines) is 1. The predicted octanol–water partition coefficient (Wildman–Crippen LogP) is 5.31. The first kappa shape index (κ1) is 31.9. The van der Waals surface area contributed by atoms with E-state index in [4.69, 9.17) is 0 Å². The van der Waals surface area contributed by atoms with Gasteiger partial charge >= 0.3 is 6.18 Å². The van der Waals surface area contributed by atoms with Crippen LogP contribution in [0.15, 0.2) is 47.9 Å². The van der Waals surface area contributed by atoms with Gasteiger partial charge in [-0.15, -0.1) is 6.58 Å². The average molecular weight is 686 g/mol. The SMILES string of the molecule is C=C[C@@H]1[C@@H](C)C[C@@H](C(=O)Nc2nc(Br)ccc2C)N1C(=O)Cn1nc(C(C)=O)c2cc(-c3cnc(C)nc3)nc(C(F)(F)F)c21. The van der Waals surface area contributed by atoms with Gasteiger partial charge in [0.25, 0.3) is 0 Å². The number of ketones is 1. The molecule has 1 N–H and O–H groups in total. The minimum Gasteiger partial charge on any atom is -0.322 e. The number of nitrogens with zero attached hydrogens (tertiary/aromatic N) is 7. The summed E-state index contributed by atoms with van der Waals surface area (Å²) in [6.45, 7) is 9.54. The summed E-state index contributed by atoms with van der Waals surface area (Å²) in [5.74, 6) is -1.28. The van der Waals surface area contributed by atoms with Crippen molar-refractivity contribution in [1.82, 2.24) is 34.6 Å². The van der Waals surface area contributed by atoms with Gasteiger partial charge in [-0.3, -0.25) is 19.1 Å². The van der Waals surface area contributed by atoms with Crippen molar-refractivity contribution >= 4 is 50.2 Å². The quantitative estimate of drug-likeness (QED) is 0.157. The summed E-state index contributed by atoms with van der Waals surface area (Å²) >= 11 is 3.28. The number of halogens is 4. The van der Waals surface area contributed by atoms with Crippen LogP contribution in [0.3, 0.4) is 0 Å². The summed E-state index contributed by atoms with van der Waals surface area (Å²) in [6, 6.07) is 3.22. The molecule has 0 spiro atoms. The number of hydrogen-bond donors (Lipinski definition) is 1. The van der Waals surface area contributed by atoms with Gasteiger partial charge in [-0.25, -0.2) is 19.9 Å². The van der Waals surface area contributed by atoms with Gasteiger partial charge in [0.15, 0.2) is 11.5 Å². The monoisotopic (exact) mass is 684 g/mol. The van der Waals surface area contributed by atoms with Crippen molar-refractivity contribution in [2.45, 2.75) is 58.9 Å². The highest BCUT2D eigenvalue weighted by Gasteiger charge is 2.45. The maximum atomic E-state index is 14.5. The number of aryl methyl sites for hydroxylation is 2. The standard InChI is InChI=1S/C30H28BrF3N8O3/c1-6-21-15(3)9-22(29(45)39-28-14(2)7-8-23(31)38-28)42(21)24(44)13-41-26-19(25(40-41)16(4)43)10-20(37-27(26)30(32,33)34)18-11-35-17(5)36-12-18/h6-8,10-12,15,21-22H,1,9,13H2,2-5H3,(H,38,39,45)/t15-,21+,22-/m0/s1. The van der Waals surface area contributed by atoms with Crippen molar-refractivity contribution in [3.05, 3.63) is 70.6 Å². The van der Waals surface area contributed by atoms with E-state index < -0.39 is 53.6 Å². The van der Waals surface area contributed by atoms with Gasteiger partial charge in [-0.05, 0) is 59.8 Å². The van der Waals surface area contributed by atoms with Crippen molar-refractivity contribution < 1.29 is 27.6 Å². The van der Waals surface area contributed by atoms with Gasteiger partial charge in [0, 0.05) is 30.3 Å². The molecule has 45 heavy (non-hydrogen) atoms. The van der Waals surface area contributed by atoms with Crippen molar-refractivity contribution in [2.75, 3.05) is 5.32 Å². The molecule has 5 heterocycles. The summed E-state index contributed by atoms with van der Waals surface area (Å²) in [7, 11) is 0. The van der Waals surface area contributed by atoms with Crippen LogP contribution in [0.5, 0.6) is 0 Å². The van der Waals surface area contributed by atoms with Crippen LogP contribution in [0.1, 0.15) is 47.8 Å². The van der Waals surface area contributed by atoms with Crippen LogP contribution in [0.2, 0.25) is 0 Å². The number of aromatic nitrogens is 6. The molecule has 0 aromatic carbocycles. The predicted molar refractivity (Wildman–Crippen MR) is 162 cm³/mol. The Balaban J connectivity index is 1.57. The summed E-state index contributed by atoms with van der Waals surface area (Å²) in [6.07, 6.45) is -0.509. The van der Waals surface area contributed by atoms with Gasteiger partial charge in [-0.1, -0.05) is 19.1 Å². The molecule has 11 nitrogen and oxygen atoms in total. The first-order valence-corrected chi connectivity index (χ1v) is 14.6. The number of carbonyl (C=O) groups excluding carboxylic acids is 3. The van der Waals surface area contributed by atoms with E-state index in [2.05, 4.69) is 52.9 Å². The van der Waals surface area contributed by atoms with Crippen LogP contribution in [0.4, 0.5) is 19.0 Å². The highest BCUT2D eigenvalue weighted by Crippen LogP contribution is 2.38. The number of alkyl halides is 3. The smallest absolute Gasteiger partial charge is 0.322 e. The number of nitrogens with one attached hydrogen (secondary N) is 1. The Morgan fingerprint density at radius 1 is 1.16 bits per heavy atom. The third kappa shape index (κ3) is 6.21. The fourth-order valence-electron chi connectivity index (χ4n) is 5.50. The zero-order valence-corrected chi connectivity index (χ0v) is 26.3. The number of fused-ring (bicyclic) bond motifs is 1. The van der Waals surface area contributed by atoms with Crippen molar-refractivity contribution in [3.63, 3.8) is 0 Å². The highest BCUT2D eigenvalue weighted by molar-refractivity contribution is 9.10. The van der Waals surface area contributed by atoms with E-state index in [-0.39, 0.29) is 34.7 Å². The second kappa shape index (κ2) is 12.1. The lowest BCUT2D eigenvalue weighted by atomic mass is 10.0. The van der Waals surface area contributed by atoms with E-state index in [9.17, 15) is 27.6 Å². The lowest BCUT2D eigenvalue weighted by Gasteiger charge is -2.29. The number of Topliss-reactive ketones (excluding diaryl/α,β-unsaturated/α-hetero) is 1. The molecule has 0 aliphatic carbocycles. The third-order valence-electron chi connectivity index (χ3n) is 7.66. The molecule has 0 bridgehead atoms. The zero-order valence-electron chi connectivity index (χ0n) is 24.7. The Kier molecular flexibility index (Phi) is 8.58. The van der Waals surface area contributed by atoms with Crippen LogP contribution in [-0.4, -0.2) is 64.3 Å². The Morgan fingerprint density at radius 3 is 2.47 bits per heavy atom. The number of hydrogen-bond acceptors (Lipinski definition) is 8. The van der Waals surface area contributed by atoms with Gasteiger partial charge in [0.1, 0.15) is 40.0 Å². The summed E-state index contributed by atoms with van der Waals surface area (Å²) in [4.78, 5) is 57.6. The molecule has 5 rings (SSSR count).